The predicted octanol–water partition coefficient (Wildman–Crippen LogP) is 3.71. The van der Waals surface area contributed by atoms with E-state index in [1.807, 2.05) is 13.8 Å². The van der Waals surface area contributed by atoms with Gasteiger partial charge in [0.1, 0.15) is 18.3 Å². The first-order valence-electron chi connectivity index (χ1n) is 8.16. The van der Waals surface area contributed by atoms with Gasteiger partial charge < -0.3 is 14.2 Å². The van der Waals surface area contributed by atoms with Gasteiger partial charge in [0.2, 0.25) is 0 Å². The fraction of sp³-hybridized carbons (Fsp3) is 0.579. The highest BCUT2D eigenvalue weighted by molar-refractivity contribution is 5.73. The molecule has 118 valence electrons. The minimum absolute atomic E-state index is 0.0171. The summed E-state index contributed by atoms with van der Waals surface area (Å²) < 4.78 is 18.5. The lowest BCUT2D eigenvalue weighted by molar-refractivity contribution is -0.187. The molecule has 0 aliphatic carbocycles. The van der Waals surface area contributed by atoms with E-state index in [2.05, 4.69) is 45.0 Å². The number of fused-ring (bicyclic) bond motifs is 5. The van der Waals surface area contributed by atoms with Crippen LogP contribution in [0, 0.1) is 12.8 Å². The summed E-state index contributed by atoms with van der Waals surface area (Å²) in [5, 5.41) is 0. The van der Waals surface area contributed by atoms with Crippen molar-refractivity contribution < 1.29 is 14.2 Å². The smallest absolute Gasteiger partial charge is 0.164 e. The minimum atomic E-state index is -0.504. The molecule has 22 heavy (non-hydrogen) atoms. The molecule has 3 heterocycles. The summed E-state index contributed by atoms with van der Waals surface area (Å²) in [4.78, 5) is 0. The molecule has 0 amide bonds. The van der Waals surface area contributed by atoms with Gasteiger partial charge in [-0.2, -0.15) is 0 Å². The molecule has 2 saturated heterocycles. The Labute approximate surface area is 132 Å². The molecule has 3 aliphatic heterocycles. The van der Waals surface area contributed by atoms with E-state index in [0.717, 1.165) is 0 Å². The van der Waals surface area contributed by atoms with E-state index in [1.165, 1.54) is 22.3 Å². The fourth-order valence-electron chi connectivity index (χ4n) is 4.36. The minimum Gasteiger partial charge on any atom is -0.364 e. The van der Waals surface area contributed by atoms with E-state index in [1.54, 1.807) is 0 Å². The van der Waals surface area contributed by atoms with Crippen LogP contribution in [0.4, 0.5) is 0 Å². The van der Waals surface area contributed by atoms with Crippen LogP contribution >= 0.6 is 0 Å². The molecule has 0 saturated carbocycles. The van der Waals surface area contributed by atoms with Crippen LogP contribution in [0.25, 0.3) is 5.57 Å². The average molecular weight is 300 g/mol. The van der Waals surface area contributed by atoms with Gasteiger partial charge in [0, 0.05) is 5.92 Å². The van der Waals surface area contributed by atoms with Crippen molar-refractivity contribution in [3.63, 3.8) is 0 Å². The topological polar surface area (TPSA) is 27.7 Å². The summed E-state index contributed by atoms with van der Waals surface area (Å²) in [6, 6.07) is 8.74. The standard InChI is InChI=1S/C19H24O3/c1-10-7-6-8-13(9-10)14-11(2)15-17-18(16(20-15)12(14)3)22-19(4,5)21-17/h6-9,11,15-18H,1-5H3/t11?,15-,16+,17-,18+/m0/s1. The first-order chi connectivity index (χ1) is 10.4. The van der Waals surface area contributed by atoms with Crippen LogP contribution in [0.1, 0.15) is 38.8 Å². The normalized spacial score (nSPS) is 39.2. The number of aryl methyl sites for hydroxylation is 1. The number of benzene rings is 1. The fourth-order valence-corrected chi connectivity index (χ4v) is 4.36. The van der Waals surface area contributed by atoms with Crippen LogP contribution < -0.4 is 0 Å². The third-order valence-electron chi connectivity index (χ3n) is 5.22. The molecule has 5 atom stereocenters. The summed E-state index contributed by atoms with van der Waals surface area (Å²) in [6.07, 6.45) is 0.150. The molecular formula is C19H24O3. The van der Waals surface area contributed by atoms with Crippen molar-refractivity contribution in [2.24, 2.45) is 5.92 Å². The molecule has 0 spiro atoms. The van der Waals surface area contributed by atoms with Crippen molar-refractivity contribution in [2.45, 2.75) is 64.8 Å². The second kappa shape index (κ2) is 4.67. The Bertz CT molecular complexity index is 646. The molecule has 1 unspecified atom stereocenters. The molecule has 0 N–H and O–H groups in total. The van der Waals surface area contributed by atoms with E-state index in [9.17, 15) is 0 Å². The summed E-state index contributed by atoms with van der Waals surface area (Å²) in [7, 11) is 0. The summed E-state index contributed by atoms with van der Waals surface area (Å²) in [6.45, 7) is 10.6. The predicted molar refractivity (Wildman–Crippen MR) is 85.4 cm³/mol. The quantitative estimate of drug-likeness (QED) is 0.791. The monoisotopic (exact) mass is 300 g/mol. The van der Waals surface area contributed by atoms with Crippen molar-refractivity contribution in [1.82, 2.24) is 0 Å². The molecule has 3 nitrogen and oxygen atoms in total. The zero-order valence-electron chi connectivity index (χ0n) is 13.9. The molecule has 0 aromatic heterocycles. The molecule has 1 aromatic carbocycles. The highest BCUT2D eigenvalue weighted by atomic mass is 16.8. The van der Waals surface area contributed by atoms with Gasteiger partial charge in [-0.05, 0) is 44.4 Å². The van der Waals surface area contributed by atoms with Gasteiger partial charge in [-0.25, -0.2) is 0 Å². The van der Waals surface area contributed by atoms with Crippen LogP contribution in [-0.2, 0) is 14.2 Å². The molecule has 3 heteroatoms. The maximum Gasteiger partial charge on any atom is 0.164 e. The number of hydrogen-bond acceptors (Lipinski definition) is 3. The van der Waals surface area contributed by atoms with Crippen molar-refractivity contribution in [3.8, 4) is 0 Å². The highest BCUT2D eigenvalue weighted by Crippen LogP contribution is 2.50. The van der Waals surface area contributed by atoms with Gasteiger partial charge in [0.25, 0.3) is 0 Å². The van der Waals surface area contributed by atoms with E-state index >= 15 is 0 Å². The Morgan fingerprint density at radius 3 is 2.45 bits per heavy atom. The molecular weight excluding hydrogens is 276 g/mol. The number of ether oxygens (including phenoxy) is 3. The summed E-state index contributed by atoms with van der Waals surface area (Å²) in [5.74, 6) is -0.193. The second-order valence-electron chi connectivity index (χ2n) is 7.34. The van der Waals surface area contributed by atoms with Gasteiger partial charge in [-0.1, -0.05) is 36.8 Å². The van der Waals surface area contributed by atoms with Crippen LogP contribution in [0.5, 0.6) is 0 Å². The Balaban J connectivity index is 1.78. The molecule has 0 radical (unpaired) electrons. The van der Waals surface area contributed by atoms with Crippen LogP contribution in [0.15, 0.2) is 29.8 Å². The van der Waals surface area contributed by atoms with E-state index in [-0.39, 0.29) is 24.4 Å². The van der Waals surface area contributed by atoms with Crippen molar-refractivity contribution in [1.29, 1.82) is 0 Å². The SMILES string of the molecule is CC1=C(c2cccc(C)c2)C(C)[C@@H]2O[C@H]1[C@H]1OC(C)(C)O[C@H]12. The highest BCUT2D eigenvalue weighted by Gasteiger charge is 2.59. The lowest BCUT2D eigenvalue weighted by atomic mass is 9.84. The molecule has 3 aliphatic rings. The van der Waals surface area contributed by atoms with Crippen molar-refractivity contribution in [3.05, 3.63) is 41.0 Å². The van der Waals surface area contributed by atoms with Gasteiger partial charge in [-0.3, -0.25) is 0 Å². The Hall–Kier alpha value is -1.16. The first-order valence-corrected chi connectivity index (χ1v) is 8.16. The molecule has 4 rings (SSSR count). The van der Waals surface area contributed by atoms with Gasteiger partial charge in [-0.15, -0.1) is 0 Å². The summed E-state index contributed by atoms with van der Waals surface area (Å²) >= 11 is 0. The Kier molecular flexibility index (Phi) is 3.06. The number of hydrogen-bond donors (Lipinski definition) is 0. The average Bonchev–Trinajstić information content (AvgIpc) is 2.89. The zero-order valence-corrected chi connectivity index (χ0v) is 13.9. The molecule has 2 bridgehead atoms. The van der Waals surface area contributed by atoms with E-state index in [0.29, 0.717) is 5.92 Å². The maximum absolute atomic E-state index is 6.26. The van der Waals surface area contributed by atoms with E-state index < -0.39 is 5.79 Å². The molecule has 1 aromatic rings. The maximum atomic E-state index is 6.26. The lowest BCUT2D eigenvalue weighted by Gasteiger charge is -2.34. The summed E-state index contributed by atoms with van der Waals surface area (Å²) in [5.41, 5.74) is 5.30. The van der Waals surface area contributed by atoms with Gasteiger partial charge in [0.05, 0.1) is 6.10 Å². The van der Waals surface area contributed by atoms with Crippen LogP contribution in [0.2, 0.25) is 0 Å². The van der Waals surface area contributed by atoms with E-state index in [4.69, 9.17) is 14.2 Å². The zero-order chi connectivity index (χ0) is 15.6. The Morgan fingerprint density at radius 2 is 1.73 bits per heavy atom. The first kappa shape index (κ1) is 14.4. The van der Waals surface area contributed by atoms with Crippen molar-refractivity contribution >= 4 is 5.57 Å². The lowest BCUT2D eigenvalue weighted by Crippen LogP contribution is -2.36. The van der Waals surface area contributed by atoms with Crippen LogP contribution in [0.3, 0.4) is 0 Å². The van der Waals surface area contributed by atoms with Gasteiger partial charge >= 0.3 is 0 Å². The number of rotatable bonds is 1. The third-order valence-corrected chi connectivity index (χ3v) is 5.22. The van der Waals surface area contributed by atoms with Gasteiger partial charge in [0.15, 0.2) is 5.79 Å². The Morgan fingerprint density at radius 1 is 1.00 bits per heavy atom. The second-order valence-corrected chi connectivity index (χ2v) is 7.34. The third kappa shape index (κ3) is 1.99. The van der Waals surface area contributed by atoms with Crippen molar-refractivity contribution in [2.75, 3.05) is 0 Å². The largest absolute Gasteiger partial charge is 0.364 e. The molecule has 2 fully saturated rings. The van der Waals surface area contributed by atoms with Crippen LogP contribution in [-0.4, -0.2) is 30.2 Å².